The number of methoxy groups -OCH3 is 2. The Labute approximate surface area is 329 Å². The largest absolute Gasteiger partial charge is 0.489 e. The first-order valence-corrected chi connectivity index (χ1v) is 18.3. The smallest absolute Gasteiger partial charge is 0.339 e. The first-order chi connectivity index (χ1) is 26.6. The Morgan fingerprint density at radius 1 is 0.509 bits per heavy atom. The maximum atomic E-state index is 15.3. The van der Waals surface area contributed by atoms with Crippen molar-refractivity contribution in [1.82, 2.24) is 0 Å². The summed E-state index contributed by atoms with van der Waals surface area (Å²) in [6, 6.07) is 39.3. The fraction of sp³-hybridized carbons (Fsp3) is 0.174. The fourth-order valence-electron chi connectivity index (χ4n) is 5.65. The first-order valence-electron chi connectivity index (χ1n) is 17.5. The summed E-state index contributed by atoms with van der Waals surface area (Å²) in [7, 11) is 2.66. The lowest BCUT2D eigenvalue weighted by Crippen LogP contribution is -2.07. The van der Waals surface area contributed by atoms with Gasteiger partial charge in [-0.1, -0.05) is 91.0 Å². The minimum absolute atomic E-state index is 0.234. The van der Waals surface area contributed by atoms with E-state index in [9.17, 15) is 9.59 Å². The maximum absolute atomic E-state index is 15.3. The van der Waals surface area contributed by atoms with Crippen LogP contribution in [0.2, 0.25) is 0 Å². The van der Waals surface area contributed by atoms with Crippen LogP contribution in [0.4, 0.5) is 4.39 Å². The molecule has 7 nitrogen and oxygen atoms in total. The number of rotatable bonds is 12. The second-order valence-corrected chi connectivity index (χ2v) is 13.5. The molecule has 0 radical (unpaired) electrons. The Morgan fingerprint density at radius 2 is 0.873 bits per heavy atom. The van der Waals surface area contributed by atoms with Crippen molar-refractivity contribution in [1.29, 1.82) is 0 Å². The van der Waals surface area contributed by atoms with E-state index in [1.165, 1.54) is 20.3 Å². The molecule has 0 aliphatic heterocycles. The van der Waals surface area contributed by atoms with Crippen molar-refractivity contribution in [3.63, 3.8) is 0 Å². The number of hydrogen-bond acceptors (Lipinski definition) is 7. The number of benzene rings is 6. The van der Waals surface area contributed by atoms with Crippen molar-refractivity contribution in [2.24, 2.45) is 0 Å². The van der Waals surface area contributed by atoms with Gasteiger partial charge in [-0.05, 0) is 106 Å². The molecule has 0 fully saturated rings. The summed E-state index contributed by atoms with van der Waals surface area (Å²) >= 11 is 3.36. The van der Waals surface area contributed by atoms with Gasteiger partial charge in [0, 0.05) is 16.1 Å². The molecule has 0 unspecified atom stereocenters. The van der Waals surface area contributed by atoms with Crippen molar-refractivity contribution < 1.29 is 37.7 Å². The van der Waals surface area contributed by atoms with E-state index in [-0.39, 0.29) is 11.5 Å². The van der Waals surface area contributed by atoms with Crippen LogP contribution in [0.15, 0.2) is 132 Å². The van der Waals surface area contributed by atoms with Crippen LogP contribution in [-0.4, -0.2) is 26.2 Å². The summed E-state index contributed by atoms with van der Waals surface area (Å²) in [6.07, 6.45) is 0. The summed E-state index contributed by atoms with van der Waals surface area (Å²) in [5.74, 6) is 0.235. The Hall–Kier alpha value is -5.93. The van der Waals surface area contributed by atoms with Gasteiger partial charge >= 0.3 is 11.9 Å². The Morgan fingerprint density at radius 3 is 1.31 bits per heavy atom. The number of carbonyl (C=O) groups is 2. The molecule has 0 aromatic heterocycles. The van der Waals surface area contributed by atoms with Gasteiger partial charge in [-0.15, -0.1) is 0 Å². The molecule has 6 aromatic rings. The molecule has 0 saturated heterocycles. The number of esters is 2. The van der Waals surface area contributed by atoms with Crippen LogP contribution in [0.3, 0.4) is 0 Å². The quantitative estimate of drug-likeness (QED) is 0.114. The maximum Gasteiger partial charge on any atom is 0.339 e. The van der Waals surface area contributed by atoms with Gasteiger partial charge in [-0.2, -0.15) is 0 Å². The highest BCUT2D eigenvalue weighted by atomic mass is 79.9. The van der Waals surface area contributed by atoms with Crippen LogP contribution in [0.5, 0.6) is 17.2 Å². The molecule has 0 atom stereocenters. The van der Waals surface area contributed by atoms with Gasteiger partial charge in [0.15, 0.2) is 0 Å². The lowest BCUT2D eigenvalue weighted by Gasteiger charge is -2.17. The summed E-state index contributed by atoms with van der Waals surface area (Å²) in [6.45, 7) is 6.80. The van der Waals surface area contributed by atoms with Gasteiger partial charge in [0.05, 0.1) is 25.3 Å². The molecule has 6 rings (SSSR count). The molecule has 0 saturated carbocycles. The highest BCUT2D eigenvalue weighted by Gasteiger charge is 2.21. The molecule has 9 heteroatoms. The third kappa shape index (κ3) is 10.8. The lowest BCUT2D eigenvalue weighted by molar-refractivity contribution is 0.0591. The van der Waals surface area contributed by atoms with Crippen LogP contribution in [-0.2, 0) is 29.3 Å². The van der Waals surface area contributed by atoms with Gasteiger partial charge in [-0.25, -0.2) is 14.0 Å². The zero-order valence-electron chi connectivity index (χ0n) is 31.4. The number of ether oxygens (including phenoxy) is 5. The predicted octanol–water partition coefficient (Wildman–Crippen LogP) is 11.2. The van der Waals surface area contributed by atoms with Crippen LogP contribution in [0.1, 0.15) is 54.1 Å². The number of aryl methyl sites for hydroxylation is 3. The van der Waals surface area contributed by atoms with Gasteiger partial charge in [0.25, 0.3) is 0 Å². The second-order valence-electron chi connectivity index (χ2n) is 12.7. The molecule has 0 heterocycles. The fourth-order valence-corrected chi connectivity index (χ4v) is 6.27. The van der Waals surface area contributed by atoms with E-state index in [4.69, 9.17) is 23.7 Å². The molecule has 0 spiro atoms. The molecule has 0 amide bonds. The van der Waals surface area contributed by atoms with Gasteiger partial charge < -0.3 is 23.7 Å². The summed E-state index contributed by atoms with van der Waals surface area (Å²) in [4.78, 5) is 24.3. The first kappa shape index (κ1) is 40.3. The van der Waals surface area contributed by atoms with Crippen molar-refractivity contribution in [2.45, 2.75) is 40.6 Å². The highest BCUT2D eigenvalue weighted by molar-refractivity contribution is 9.10. The summed E-state index contributed by atoms with van der Waals surface area (Å²) < 4.78 is 43.4. The van der Waals surface area contributed by atoms with Crippen molar-refractivity contribution in [3.8, 4) is 28.4 Å². The van der Waals surface area contributed by atoms with Crippen molar-refractivity contribution >= 4 is 27.9 Å². The van der Waals surface area contributed by atoms with Crippen LogP contribution in [0.25, 0.3) is 11.1 Å². The molecule has 0 aliphatic carbocycles. The van der Waals surface area contributed by atoms with Crippen LogP contribution in [0, 0.1) is 26.6 Å². The molecule has 55 heavy (non-hydrogen) atoms. The van der Waals surface area contributed by atoms with E-state index in [0.29, 0.717) is 58.2 Å². The van der Waals surface area contributed by atoms with E-state index in [1.54, 1.807) is 24.3 Å². The van der Waals surface area contributed by atoms with Crippen molar-refractivity contribution in [3.05, 3.63) is 182 Å². The molecule has 282 valence electrons. The predicted molar refractivity (Wildman–Crippen MR) is 215 cm³/mol. The third-order valence-corrected chi connectivity index (χ3v) is 9.31. The number of hydrogen-bond donors (Lipinski definition) is 0. The third-order valence-electron chi connectivity index (χ3n) is 8.66. The Balaban J connectivity index is 0.000000246. The van der Waals surface area contributed by atoms with Crippen LogP contribution >= 0.6 is 15.9 Å². The van der Waals surface area contributed by atoms with Crippen LogP contribution < -0.4 is 14.2 Å². The molecule has 6 aromatic carbocycles. The zero-order chi connectivity index (χ0) is 39.3. The second kappa shape index (κ2) is 19.4. The minimum Gasteiger partial charge on any atom is -0.489 e. The summed E-state index contributed by atoms with van der Waals surface area (Å²) in [5.41, 5.74) is 7.01. The molecular weight excluding hydrogens is 763 g/mol. The number of halogens is 2. The lowest BCUT2D eigenvalue weighted by atomic mass is 9.95. The molecule has 0 bridgehead atoms. The van der Waals surface area contributed by atoms with E-state index in [2.05, 4.69) is 15.9 Å². The number of carbonyl (C=O) groups excluding carboxylic acids is 2. The highest BCUT2D eigenvalue weighted by Crippen LogP contribution is 2.36. The zero-order valence-corrected chi connectivity index (χ0v) is 32.9. The standard InChI is InChI=1S/C30H27FO4.C16H15BrO3/c1-20-14-24(26(30(32)33-3)16-28(20)34-18-22-10-6-4-7-11-22)25-15-21(2)29(17-27(25)31)35-19-23-12-8-5-9-13-23;1-11-8-14(17)13(16(18)19-2)9-15(11)20-10-12-6-4-3-5-7-12/h4-17H,18-19H2,1-3H3;3-9H,10H2,1-2H3. The minimum atomic E-state index is -0.564. The SMILES string of the molecule is COC(=O)c1cc(OCc2ccccc2)c(C)cc1-c1cc(C)c(OCc2ccccc2)cc1F.COC(=O)c1cc(OCc2ccccc2)c(C)cc1Br. The van der Waals surface area contributed by atoms with E-state index in [1.807, 2.05) is 118 Å². The van der Waals surface area contributed by atoms with E-state index >= 15 is 4.39 Å². The van der Waals surface area contributed by atoms with Crippen molar-refractivity contribution in [2.75, 3.05) is 14.2 Å². The van der Waals surface area contributed by atoms with Gasteiger partial charge in [-0.3, -0.25) is 0 Å². The average molecular weight is 806 g/mol. The average Bonchev–Trinajstić information content (AvgIpc) is 3.21. The summed E-state index contributed by atoms with van der Waals surface area (Å²) in [5, 5.41) is 0. The molecule has 0 aliphatic rings. The van der Waals surface area contributed by atoms with Gasteiger partial charge in [0.2, 0.25) is 0 Å². The molecular formula is C46H42BrFO7. The van der Waals surface area contributed by atoms with E-state index in [0.717, 1.165) is 33.4 Å². The Bertz CT molecular complexity index is 2230. The van der Waals surface area contributed by atoms with Gasteiger partial charge in [0.1, 0.15) is 42.9 Å². The normalized spacial score (nSPS) is 10.5. The monoisotopic (exact) mass is 804 g/mol. The Kier molecular flexibility index (Phi) is 14.2. The topological polar surface area (TPSA) is 80.3 Å². The molecule has 0 N–H and O–H groups in total. The van der Waals surface area contributed by atoms with E-state index < -0.39 is 11.8 Å².